The van der Waals surface area contributed by atoms with Gasteiger partial charge in [0.1, 0.15) is 30.3 Å². The first kappa shape index (κ1) is 37.8. The molecule has 7 rings (SSSR count). The lowest BCUT2D eigenvalue weighted by molar-refractivity contribution is -0.176. The number of nitrogens with zero attached hydrogens (tertiary/aromatic N) is 1. The van der Waals surface area contributed by atoms with Gasteiger partial charge in [-0.3, -0.25) is 9.69 Å². The van der Waals surface area contributed by atoms with Gasteiger partial charge >= 0.3 is 18.1 Å². The zero-order valence-corrected chi connectivity index (χ0v) is 31.7. The van der Waals surface area contributed by atoms with Crippen molar-refractivity contribution in [3.63, 3.8) is 0 Å². The highest BCUT2D eigenvalue weighted by Gasteiger charge is 2.54. The van der Waals surface area contributed by atoms with Crippen LogP contribution in [0.15, 0.2) is 54.6 Å². The fourth-order valence-corrected chi connectivity index (χ4v) is 8.64. The number of H-pyrrole nitrogens is 1. The van der Waals surface area contributed by atoms with Crippen LogP contribution in [0.5, 0.6) is 28.7 Å². The van der Waals surface area contributed by atoms with Gasteiger partial charge in [-0.25, -0.2) is 9.59 Å². The van der Waals surface area contributed by atoms with Gasteiger partial charge in [0, 0.05) is 42.9 Å². The van der Waals surface area contributed by atoms with E-state index in [1.807, 2.05) is 12.1 Å². The number of esters is 2. The average molecular weight is 759 g/mol. The van der Waals surface area contributed by atoms with E-state index in [0.29, 0.717) is 25.1 Å². The molecule has 0 amide bonds. The molecular weight excluding hydrogens is 712 g/mol. The highest BCUT2D eigenvalue weighted by molar-refractivity contribution is 5.92. The molecule has 55 heavy (non-hydrogen) atoms. The molecule has 0 bridgehead atoms. The van der Waals surface area contributed by atoms with Crippen LogP contribution in [-0.2, 0) is 36.8 Å². The molecule has 14 nitrogen and oxygen atoms in total. The van der Waals surface area contributed by atoms with Crippen LogP contribution in [-0.4, -0.2) is 95.9 Å². The van der Waals surface area contributed by atoms with Crippen molar-refractivity contribution in [3.8, 4) is 28.7 Å². The molecule has 0 radical (unpaired) electrons. The minimum atomic E-state index is -0.999. The van der Waals surface area contributed by atoms with Gasteiger partial charge < -0.3 is 47.6 Å². The second kappa shape index (κ2) is 16.1. The van der Waals surface area contributed by atoms with E-state index < -0.39 is 36.2 Å². The van der Waals surface area contributed by atoms with E-state index in [1.165, 1.54) is 57.2 Å². The first-order valence-electron chi connectivity index (χ1n) is 18.2. The number of methoxy groups -OCH3 is 6. The summed E-state index contributed by atoms with van der Waals surface area (Å²) in [6.07, 6.45) is -0.440. The molecule has 0 unspecified atom stereocenters. The molecule has 1 N–H and O–H groups in total. The van der Waals surface area contributed by atoms with E-state index >= 15 is 0 Å². The minimum Gasteiger partial charge on any atom is -0.497 e. The molecule has 292 valence electrons. The highest BCUT2D eigenvalue weighted by atomic mass is 16.7. The molecule has 2 fully saturated rings. The number of aromatic nitrogens is 1. The summed E-state index contributed by atoms with van der Waals surface area (Å²) >= 11 is 0. The number of carbonyl (C=O) groups excluding carboxylic acids is 3. The number of nitrogens with one attached hydrogen (secondary N) is 1. The van der Waals surface area contributed by atoms with E-state index in [0.717, 1.165) is 29.8 Å². The molecule has 1 saturated heterocycles. The van der Waals surface area contributed by atoms with Crippen molar-refractivity contribution < 1.29 is 57.0 Å². The molecule has 14 heteroatoms. The van der Waals surface area contributed by atoms with Crippen LogP contribution in [0.1, 0.15) is 46.1 Å². The Kier molecular flexibility index (Phi) is 11.1. The van der Waals surface area contributed by atoms with Crippen molar-refractivity contribution in [2.45, 2.75) is 44.1 Å². The quantitative estimate of drug-likeness (QED) is 0.110. The van der Waals surface area contributed by atoms with Crippen LogP contribution in [0.25, 0.3) is 10.9 Å². The van der Waals surface area contributed by atoms with E-state index in [1.54, 1.807) is 38.5 Å². The zero-order chi connectivity index (χ0) is 38.8. The third-order valence-corrected chi connectivity index (χ3v) is 11.3. The first-order chi connectivity index (χ1) is 26.7. The summed E-state index contributed by atoms with van der Waals surface area (Å²) in [5.41, 5.74) is 4.30. The Balaban J connectivity index is 1.09. The van der Waals surface area contributed by atoms with Gasteiger partial charge in [0.15, 0.2) is 11.5 Å². The van der Waals surface area contributed by atoms with E-state index in [-0.39, 0.29) is 47.3 Å². The highest BCUT2D eigenvalue weighted by Crippen LogP contribution is 2.51. The summed E-state index contributed by atoms with van der Waals surface area (Å²) in [5.74, 6) is -0.344. The standard InChI is InChI=1S/C41H46N2O12/c1-47-25-9-7-22(8-10-25)21-53-41(46)55-37-32(49-3)15-23(16-33(37)50-4)39(44)54-34-17-24-20-43-14-13-28-27-12-11-26(48-2)18-30(27)42-36(28)31(43)19-29(24)35(38(34)51-5)40(45)52-6/h7-12,15-16,18,24,29,31,34-35,38,42H,13-14,17,19-21H2,1-6H3/t24-,29+,31-,34-,35+,38+/m1/s1. The summed E-state index contributed by atoms with van der Waals surface area (Å²) in [6, 6.07) is 16.0. The predicted octanol–water partition coefficient (Wildman–Crippen LogP) is 5.89. The number of rotatable bonds is 11. The van der Waals surface area contributed by atoms with E-state index in [4.69, 9.17) is 42.6 Å². The molecule has 3 aromatic carbocycles. The zero-order valence-electron chi connectivity index (χ0n) is 31.7. The van der Waals surface area contributed by atoms with Crippen LogP contribution >= 0.6 is 0 Å². The monoisotopic (exact) mass is 758 g/mol. The number of aromatic amines is 1. The van der Waals surface area contributed by atoms with Gasteiger partial charge in [-0.15, -0.1) is 0 Å². The number of fused-ring (bicyclic) bond motifs is 6. The fraction of sp³-hybridized carbons (Fsp3) is 0.439. The Morgan fingerprint density at radius 3 is 2.20 bits per heavy atom. The summed E-state index contributed by atoms with van der Waals surface area (Å²) in [5, 5.41) is 1.19. The Bertz CT molecular complexity index is 2020. The number of piperidine rings is 1. The van der Waals surface area contributed by atoms with Crippen LogP contribution in [0, 0.1) is 17.8 Å². The maximum absolute atomic E-state index is 13.9. The normalized spacial score (nSPS) is 23.0. The topological polar surface area (TPSA) is 153 Å². The van der Waals surface area contributed by atoms with Crippen LogP contribution in [0.3, 0.4) is 0 Å². The second-order valence-corrected chi connectivity index (χ2v) is 14.0. The van der Waals surface area contributed by atoms with Gasteiger partial charge in [-0.05, 0) is 78.6 Å². The van der Waals surface area contributed by atoms with Crippen LogP contribution in [0.2, 0.25) is 0 Å². The number of benzene rings is 3. The fourth-order valence-electron chi connectivity index (χ4n) is 8.64. The third-order valence-electron chi connectivity index (χ3n) is 11.3. The Hall–Kier alpha value is -5.47. The summed E-state index contributed by atoms with van der Waals surface area (Å²) in [4.78, 5) is 46.3. The molecule has 0 spiro atoms. The molecule has 2 aliphatic heterocycles. The van der Waals surface area contributed by atoms with Crippen molar-refractivity contribution in [2.24, 2.45) is 17.8 Å². The smallest absolute Gasteiger partial charge is 0.497 e. The van der Waals surface area contributed by atoms with Crippen molar-refractivity contribution in [3.05, 3.63) is 77.0 Å². The number of carbonyl (C=O) groups is 3. The number of hydrogen-bond donors (Lipinski definition) is 1. The summed E-state index contributed by atoms with van der Waals surface area (Å²) < 4.78 is 49.9. The number of ether oxygens (including phenoxy) is 9. The lowest BCUT2D eigenvalue weighted by Crippen LogP contribution is -2.58. The van der Waals surface area contributed by atoms with Gasteiger partial charge in [0.25, 0.3) is 0 Å². The average Bonchev–Trinajstić information content (AvgIpc) is 3.59. The summed E-state index contributed by atoms with van der Waals surface area (Å²) in [7, 11) is 8.85. The van der Waals surface area contributed by atoms with Gasteiger partial charge in [0.05, 0.1) is 53.1 Å². The predicted molar refractivity (Wildman–Crippen MR) is 198 cm³/mol. The van der Waals surface area contributed by atoms with Gasteiger partial charge in [-0.2, -0.15) is 0 Å². The summed E-state index contributed by atoms with van der Waals surface area (Å²) in [6.45, 7) is 1.53. The van der Waals surface area contributed by atoms with Crippen LogP contribution in [0.4, 0.5) is 4.79 Å². The molecular formula is C41H46N2O12. The molecule has 3 aliphatic rings. The first-order valence-corrected chi connectivity index (χ1v) is 18.2. The second-order valence-electron chi connectivity index (χ2n) is 14.0. The molecule has 1 aliphatic carbocycles. The largest absolute Gasteiger partial charge is 0.514 e. The third kappa shape index (κ3) is 7.35. The Labute approximate surface area is 318 Å². The van der Waals surface area contributed by atoms with Crippen molar-refractivity contribution in [1.29, 1.82) is 0 Å². The van der Waals surface area contributed by atoms with Crippen LogP contribution < -0.4 is 23.7 Å². The lowest BCUT2D eigenvalue weighted by Gasteiger charge is -2.52. The Morgan fingerprint density at radius 1 is 0.836 bits per heavy atom. The maximum atomic E-state index is 13.9. The Morgan fingerprint density at radius 2 is 1.55 bits per heavy atom. The van der Waals surface area contributed by atoms with E-state index in [2.05, 4.69) is 16.0 Å². The molecule has 6 atom stereocenters. The van der Waals surface area contributed by atoms with Gasteiger partial charge in [0.2, 0.25) is 5.75 Å². The van der Waals surface area contributed by atoms with Crippen molar-refractivity contribution in [2.75, 3.05) is 55.7 Å². The van der Waals surface area contributed by atoms with Crippen molar-refractivity contribution in [1.82, 2.24) is 9.88 Å². The lowest BCUT2D eigenvalue weighted by atomic mass is 9.63. The van der Waals surface area contributed by atoms with E-state index in [9.17, 15) is 14.4 Å². The molecule has 4 aromatic rings. The van der Waals surface area contributed by atoms with Crippen molar-refractivity contribution >= 4 is 29.0 Å². The number of hydrogen-bond acceptors (Lipinski definition) is 13. The van der Waals surface area contributed by atoms with Gasteiger partial charge in [-0.1, -0.05) is 12.1 Å². The maximum Gasteiger partial charge on any atom is 0.514 e. The molecule has 3 heterocycles. The molecule has 1 aromatic heterocycles. The SMILES string of the molecule is COC(=O)[C@H]1[C@H]2C[C@@H]3c4[nH]c5cc(OC)ccc5c4CCN3C[C@H]2C[C@@H](OC(=O)c2cc(OC)c(OC(=O)OCc3ccc(OC)cc3)c(OC)c2)[C@@H]1OC. The molecule has 1 saturated carbocycles. The minimum absolute atomic E-state index is 0.0272.